The quantitative estimate of drug-likeness (QED) is 0.403. The molecule has 156 valence electrons. The van der Waals surface area contributed by atoms with Crippen molar-refractivity contribution in [1.29, 1.82) is 0 Å². The van der Waals surface area contributed by atoms with Gasteiger partial charge in [0.15, 0.2) is 12.1 Å². The summed E-state index contributed by atoms with van der Waals surface area (Å²) >= 11 is 0. The lowest BCUT2D eigenvalue weighted by molar-refractivity contribution is -0.373. The highest BCUT2D eigenvalue weighted by Crippen LogP contribution is 2.42. The molecule has 1 aliphatic rings. The molecule has 0 radical (unpaired) electrons. The summed E-state index contributed by atoms with van der Waals surface area (Å²) in [6, 6.07) is 0. The summed E-state index contributed by atoms with van der Waals surface area (Å²) in [5.41, 5.74) is 0. The van der Waals surface area contributed by atoms with Gasteiger partial charge in [0.05, 0.1) is 12.2 Å². The molecule has 26 heavy (non-hydrogen) atoms. The molecule has 0 aliphatic carbocycles. The van der Waals surface area contributed by atoms with Crippen molar-refractivity contribution in [3.63, 3.8) is 0 Å². The van der Waals surface area contributed by atoms with Crippen LogP contribution in [-0.2, 0) is 14.2 Å². The topological polar surface area (TPSA) is 27.7 Å². The Hall–Kier alpha value is -0.120. The van der Waals surface area contributed by atoms with Crippen LogP contribution in [0.3, 0.4) is 0 Å². The summed E-state index contributed by atoms with van der Waals surface area (Å²) in [6.07, 6.45) is 4.22. The van der Waals surface area contributed by atoms with Gasteiger partial charge in [0.25, 0.3) is 0 Å². The van der Waals surface area contributed by atoms with E-state index in [4.69, 9.17) is 14.2 Å². The van der Waals surface area contributed by atoms with Crippen molar-refractivity contribution in [2.75, 3.05) is 0 Å². The zero-order chi connectivity index (χ0) is 20.1. The van der Waals surface area contributed by atoms with Gasteiger partial charge in [-0.25, -0.2) is 0 Å². The van der Waals surface area contributed by atoms with E-state index in [2.05, 4.69) is 69.2 Å². The predicted molar refractivity (Wildman–Crippen MR) is 110 cm³/mol. The van der Waals surface area contributed by atoms with Crippen molar-refractivity contribution in [3.8, 4) is 0 Å². The summed E-state index contributed by atoms with van der Waals surface area (Å²) in [4.78, 5) is 0. The lowest BCUT2D eigenvalue weighted by Gasteiger charge is -2.49. The van der Waals surface area contributed by atoms with E-state index < -0.39 is 5.79 Å². The third-order valence-electron chi connectivity index (χ3n) is 6.83. The predicted octanol–water partition coefficient (Wildman–Crippen LogP) is 6.65. The van der Waals surface area contributed by atoms with E-state index in [0.29, 0.717) is 29.6 Å². The van der Waals surface area contributed by atoms with Crippen LogP contribution in [-0.4, -0.2) is 24.3 Å². The third kappa shape index (κ3) is 5.69. The third-order valence-corrected chi connectivity index (χ3v) is 6.83. The largest absolute Gasteiger partial charge is 0.349 e. The first-order valence-electron chi connectivity index (χ1n) is 11.1. The molecule has 1 fully saturated rings. The van der Waals surface area contributed by atoms with E-state index in [0.717, 1.165) is 25.7 Å². The molecule has 0 amide bonds. The molecule has 1 heterocycles. The highest BCUT2D eigenvalue weighted by Gasteiger charge is 2.46. The van der Waals surface area contributed by atoms with Gasteiger partial charge in [0.1, 0.15) is 0 Å². The zero-order valence-electron chi connectivity index (χ0n) is 19.2. The maximum absolute atomic E-state index is 6.75. The molecular formula is C23H46O3. The molecule has 0 aromatic carbocycles. The van der Waals surface area contributed by atoms with Crippen LogP contribution >= 0.6 is 0 Å². The highest BCUT2D eigenvalue weighted by atomic mass is 16.8. The summed E-state index contributed by atoms with van der Waals surface area (Å²) in [5.74, 6) is 1.89. The van der Waals surface area contributed by atoms with Crippen molar-refractivity contribution in [3.05, 3.63) is 0 Å². The van der Waals surface area contributed by atoms with Crippen LogP contribution in [0.5, 0.6) is 0 Å². The maximum Gasteiger partial charge on any atom is 0.174 e. The lowest BCUT2D eigenvalue weighted by Crippen LogP contribution is -2.53. The van der Waals surface area contributed by atoms with Crippen molar-refractivity contribution in [1.82, 2.24) is 0 Å². The van der Waals surface area contributed by atoms with Gasteiger partial charge in [0.2, 0.25) is 0 Å². The van der Waals surface area contributed by atoms with E-state index in [-0.39, 0.29) is 18.5 Å². The van der Waals surface area contributed by atoms with E-state index >= 15 is 0 Å². The van der Waals surface area contributed by atoms with Gasteiger partial charge in [-0.15, -0.1) is 0 Å². The minimum atomic E-state index is -0.564. The van der Waals surface area contributed by atoms with Gasteiger partial charge in [-0.1, -0.05) is 62.3 Å². The molecule has 0 bridgehead atoms. The molecule has 0 aromatic rings. The van der Waals surface area contributed by atoms with Gasteiger partial charge < -0.3 is 14.2 Å². The van der Waals surface area contributed by atoms with Gasteiger partial charge in [-0.3, -0.25) is 0 Å². The SMILES string of the molecule is CCC(C)OC(CC)(OC1OC(CC(C)C)C(C)C(C)C1C)C(C)CC. The van der Waals surface area contributed by atoms with Crippen LogP contribution < -0.4 is 0 Å². The first-order valence-corrected chi connectivity index (χ1v) is 11.1. The molecule has 0 aromatic heterocycles. The minimum absolute atomic E-state index is 0.186. The smallest absolute Gasteiger partial charge is 0.174 e. The van der Waals surface area contributed by atoms with Crippen LogP contribution in [0.2, 0.25) is 0 Å². The average molecular weight is 371 g/mol. The summed E-state index contributed by atoms with van der Waals surface area (Å²) in [7, 11) is 0. The Morgan fingerprint density at radius 1 is 0.885 bits per heavy atom. The Morgan fingerprint density at radius 3 is 1.96 bits per heavy atom. The van der Waals surface area contributed by atoms with Crippen LogP contribution in [0.4, 0.5) is 0 Å². The average Bonchev–Trinajstić information content (AvgIpc) is 2.61. The standard InChI is InChI=1S/C23H46O3/c1-11-16(6)23(13-3,25-17(7)12-2)26-22-20(10)18(8)19(9)21(24-22)14-15(4)5/h15-22H,11-14H2,1-10H3. The van der Waals surface area contributed by atoms with E-state index in [1.807, 2.05) is 0 Å². The number of hydrogen-bond acceptors (Lipinski definition) is 3. The molecule has 0 N–H and O–H groups in total. The van der Waals surface area contributed by atoms with Gasteiger partial charge in [-0.2, -0.15) is 0 Å². The Morgan fingerprint density at radius 2 is 1.50 bits per heavy atom. The molecule has 8 atom stereocenters. The van der Waals surface area contributed by atoms with E-state index in [1.54, 1.807) is 0 Å². The van der Waals surface area contributed by atoms with Gasteiger partial charge in [-0.05, 0) is 50.4 Å². The second kappa shape index (κ2) is 10.4. The molecule has 1 rings (SSSR count). The van der Waals surface area contributed by atoms with Crippen LogP contribution in [0.15, 0.2) is 0 Å². The number of ether oxygens (including phenoxy) is 3. The van der Waals surface area contributed by atoms with Gasteiger partial charge >= 0.3 is 0 Å². The van der Waals surface area contributed by atoms with Gasteiger partial charge in [0, 0.05) is 11.8 Å². The lowest BCUT2D eigenvalue weighted by atomic mass is 9.77. The van der Waals surface area contributed by atoms with Crippen LogP contribution in [0, 0.1) is 29.6 Å². The number of hydrogen-bond donors (Lipinski definition) is 0. The van der Waals surface area contributed by atoms with E-state index in [1.165, 1.54) is 0 Å². The van der Waals surface area contributed by atoms with Crippen molar-refractivity contribution in [2.24, 2.45) is 29.6 Å². The Balaban J connectivity index is 3.06. The molecule has 1 saturated heterocycles. The molecule has 8 unspecified atom stereocenters. The van der Waals surface area contributed by atoms with Crippen molar-refractivity contribution < 1.29 is 14.2 Å². The normalized spacial score (nSPS) is 34.5. The minimum Gasteiger partial charge on any atom is -0.349 e. The van der Waals surface area contributed by atoms with Crippen molar-refractivity contribution in [2.45, 2.75) is 119 Å². The molecular weight excluding hydrogens is 324 g/mol. The second-order valence-electron chi connectivity index (χ2n) is 9.18. The van der Waals surface area contributed by atoms with Crippen LogP contribution in [0.1, 0.15) is 94.9 Å². The van der Waals surface area contributed by atoms with Crippen LogP contribution in [0.25, 0.3) is 0 Å². The number of rotatable bonds is 10. The Labute approximate surface area is 163 Å². The monoisotopic (exact) mass is 370 g/mol. The Bertz CT molecular complexity index is 397. The Kier molecular flexibility index (Phi) is 9.60. The fraction of sp³-hybridized carbons (Fsp3) is 1.00. The summed E-state index contributed by atoms with van der Waals surface area (Å²) in [5, 5.41) is 0. The molecule has 1 aliphatic heterocycles. The first kappa shape index (κ1) is 23.9. The fourth-order valence-corrected chi connectivity index (χ4v) is 4.06. The first-order chi connectivity index (χ1) is 12.1. The molecule has 0 saturated carbocycles. The van der Waals surface area contributed by atoms with Crippen molar-refractivity contribution >= 4 is 0 Å². The summed E-state index contributed by atoms with van der Waals surface area (Å²) in [6.45, 7) is 22.5. The zero-order valence-corrected chi connectivity index (χ0v) is 19.2. The maximum atomic E-state index is 6.75. The summed E-state index contributed by atoms with van der Waals surface area (Å²) < 4.78 is 19.8. The second-order valence-corrected chi connectivity index (χ2v) is 9.18. The highest BCUT2D eigenvalue weighted by molar-refractivity contribution is 4.86. The molecule has 0 spiro atoms. The fourth-order valence-electron chi connectivity index (χ4n) is 4.06. The molecule has 3 heteroatoms. The molecule has 3 nitrogen and oxygen atoms in total. The van der Waals surface area contributed by atoms with E-state index in [9.17, 15) is 0 Å².